The molecule has 1 aromatic carbocycles. The van der Waals surface area contributed by atoms with Crippen molar-refractivity contribution in [2.45, 2.75) is 24.3 Å². The molecule has 3 heterocycles. The van der Waals surface area contributed by atoms with Gasteiger partial charge in [0.25, 0.3) is 0 Å². The Morgan fingerprint density at radius 2 is 1.77 bits per heavy atom. The first-order chi connectivity index (χ1) is 14.9. The van der Waals surface area contributed by atoms with Crippen molar-refractivity contribution in [3.63, 3.8) is 0 Å². The molecule has 2 amide bonds. The van der Waals surface area contributed by atoms with Crippen molar-refractivity contribution < 1.29 is 18.0 Å². The molecular weight excluding hydrogens is 436 g/mol. The summed E-state index contributed by atoms with van der Waals surface area (Å²) in [6.07, 6.45) is 1.33. The van der Waals surface area contributed by atoms with Crippen molar-refractivity contribution in [2.75, 3.05) is 44.2 Å². The van der Waals surface area contributed by atoms with Gasteiger partial charge in [0.1, 0.15) is 0 Å². The summed E-state index contributed by atoms with van der Waals surface area (Å²) in [5.41, 5.74) is 1.97. The second-order valence-corrected chi connectivity index (χ2v) is 10.3. The van der Waals surface area contributed by atoms with Crippen LogP contribution < -0.4 is 9.62 Å². The van der Waals surface area contributed by atoms with Crippen LogP contribution >= 0.6 is 11.3 Å². The van der Waals surface area contributed by atoms with E-state index in [1.165, 1.54) is 17.7 Å². The van der Waals surface area contributed by atoms with E-state index in [1.54, 1.807) is 33.3 Å². The number of sulfonamides is 1. The Morgan fingerprint density at radius 1 is 1.03 bits per heavy atom. The van der Waals surface area contributed by atoms with E-state index in [0.29, 0.717) is 31.7 Å². The van der Waals surface area contributed by atoms with Crippen LogP contribution in [0, 0.1) is 0 Å². The summed E-state index contributed by atoms with van der Waals surface area (Å²) >= 11 is 1.67. The van der Waals surface area contributed by atoms with Gasteiger partial charge in [-0.3, -0.25) is 14.5 Å². The predicted molar refractivity (Wildman–Crippen MR) is 119 cm³/mol. The number of rotatable bonds is 7. The maximum Gasteiger partial charge on any atom is 0.241 e. The van der Waals surface area contributed by atoms with Gasteiger partial charge in [0.2, 0.25) is 21.8 Å². The minimum Gasteiger partial charge on any atom is -0.339 e. The molecule has 2 aliphatic rings. The average molecular weight is 463 g/mol. The van der Waals surface area contributed by atoms with E-state index in [0.717, 1.165) is 26.1 Å². The highest BCUT2D eigenvalue weighted by Gasteiger charge is 2.24. The molecule has 2 fully saturated rings. The maximum atomic E-state index is 12.6. The third kappa shape index (κ3) is 5.32. The molecule has 0 bridgehead atoms. The van der Waals surface area contributed by atoms with E-state index in [9.17, 15) is 18.0 Å². The molecule has 2 aromatic rings. The number of piperazine rings is 1. The molecule has 0 unspecified atom stereocenters. The number of amides is 2. The first-order valence-electron chi connectivity index (χ1n) is 10.3. The first-order valence-corrected chi connectivity index (χ1v) is 12.8. The van der Waals surface area contributed by atoms with Crippen molar-refractivity contribution in [3.05, 3.63) is 46.7 Å². The molecule has 0 spiro atoms. The number of nitrogens with one attached hydrogen (secondary N) is 1. The molecule has 1 aromatic heterocycles. The second-order valence-electron chi connectivity index (χ2n) is 7.76. The van der Waals surface area contributed by atoms with Crippen LogP contribution in [0.5, 0.6) is 0 Å². The number of carbonyl (C=O) groups is 2. The van der Waals surface area contributed by atoms with Gasteiger partial charge >= 0.3 is 0 Å². The SMILES string of the molecule is O=C(CNS(=O)(=O)c1ccc(N2CCCC2=O)cc1)N1CCN(Cc2ccsc2)CC1. The fourth-order valence-corrected chi connectivity index (χ4v) is 5.51. The molecule has 1 N–H and O–H groups in total. The zero-order chi connectivity index (χ0) is 21.8. The molecule has 31 heavy (non-hydrogen) atoms. The molecule has 2 saturated heterocycles. The van der Waals surface area contributed by atoms with Crippen molar-refractivity contribution in [1.29, 1.82) is 0 Å². The third-order valence-corrected chi connectivity index (χ3v) is 7.81. The molecule has 166 valence electrons. The average Bonchev–Trinajstić information content (AvgIpc) is 3.44. The number of nitrogens with zero attached hydrogens (tertiary/aromatic N) is 3. The van der Waals surface area contributed by atoms with E-state index >= 15 is 0 Å². The Hall–Kier alpha value is -2.27. The highest BCUT2D eigenvalue weighted by Crippen LogP contribution is 2.23. The summed E-state index contributed by atoms with van der Waals surface area (Å²) in [6, 6.07) is 8.30. The molecule has 2 aliphatic heterocycles. The second kappa shape index (κ2) is 9.47. The Kier molecular flexibility index (Phi) is 6.71. The molecule has 0 aliphatic carbocycles. The van der Waals surface area contributed by atoms with Gasteiger partial charge in [0, 0.05) is 51.4 Å². The van der Waals surface area contributed by atoms with Gasteiger partial charge in [-0.05, 0) is 53.1 Å². The molecule has 0 atom stereocenters. The number of thiophene rings is 1. The minimum atomic E-state index is -3.80. The number of anilines is 1. The monoisotopic (exact) mass is 462 g/mol. The lowest BCUT2D eigenvalue weighted by Gasteiger charge is -2.34. The quantitative estimate of drug-likeness (QED) is 0.674. The zero-order valence-electron chi connectivity index (χ0n) is 17.2. The van der Waals surface area contributed by atoms with Crippen LogP contribution in [0.3, 0.4) is 0 Å². The molecule has 10 heteroatoms. The lowest BCUT2D eigenvalue weighted by molar-refractivity contribution is -0.131. The van der Waals surface area contributed by atoms with Crippen LogP contribution in [0.25, 0.3) is 0 Å². The maximum absolute atomic E-state index is 12.6. The van der Waals surface area contributed by atoms with Gasteiger partial charge in [0.05, 0.1) is 11.4 Å². The van der Waals surface area contributed by atoms with Gasteiger partial charge in [0.15, 0.2) is 0 Å². The van der Waals surface area contributed by atoms with Gasteiger partial charge in [-0.1, -0.05) is 0 Å². The summed E-state index contributed by atoms with van der Waals surface area (Å²) in [4.78, 5) is 30.1. The Labute approximate surface area is 186 Å². The van der Waals surface area contributed by atoms with Gasteiger partial charge in [-0.15, -0.1) is 0 Å². The van der Waals surface area contributed by atoms with Crippen LogP contribution in [-0.2, 0) is 26.2 Å². The van der Waals surface area contributed by atoms with Crippen LogP contribution in [0.4, 0.5) is 5.69 Å². The lowest BCUT2D eigenvalue weighted by atomic mass is 10.2. The Bertz CT molecular complexity index is 1010. The van der Waals surface area contributed by atoms with Crippen molar-refractivity contribution >= 4 is 38.9 Å². The fraction of sp³-hybridized carbons (Fsp3) is 0.429. The van der Waals surface area contributed by atoms with E-state index in [2.05, 4.69) is 26.4 Å². The highest BCUT2D eigenvalue weighted by molar-refractivity contribution is 7.89. The van der Waals surface area contributed by atoms with E-state index in [-0.39, 0.29) is 23.3 Å². The number of hydrogen-bond donors (Lipinski definition) is 1. The lowest BCUT2D eigenvalue weighted by Crippen LogP contribution is -2.50. The largest absolute Gasteiger partial charge is 0.339 e. The van der Waals surface area contributed by atoms with E-state index < -0.39 is 10.0 Å². The van der Waals surface area contributed by atoms with Crippen LogP contribution in [-0.4, -0.2) is 69.3 Å². The minimum absolute atomic E-state index is 0.0507. The van der Waals surface area contributed by atoms with E-state index in [4.69, 9.17) is 0 Å². The standard InChI is InChI=1S/C21H26N4O4S2/c26-20-2-1-8-25(20)18-3-5-19(6-4-18)31(28,29)22-14-21(27)24-11-9-23(10-12-24)15-17-7-13-30-16-17/h3-7,13,16,22H,1-2,8-12,14-15H2. The topological polar surface area (TPSA) is 90.0 Å². The van der Waals surface area contributed by atoms with Crippen LogP contribution in [0.1, 0.15) is 18.4 Å². The summed E-state index contributed by atoms with van der Waals surface area (Å²) in [7, 11) is -3.80. The molecule has 0 radical (unpaired) electrons. The molecule has 8 nitrogen and oxygen atoms in total. The number of hydrogen-bond acceptors (Lipinski definition) is 6. The van der Waals surface area contributed by atoms with Crippen molar-refractivity contribution in [2.24, 2.45) is 0 Å². The molecule has 4 rings (SSSR count). The van der Waals surface area contributed by atoms with Crippen molar-refractivity contribution in [1.82, 2.24) is 14.5 Å². The van der Waals surface area contributed by atoms with Gasteiger partial charge < -0.3 is 9.80 Å². The smallest absolute Gasteiger partial charge is 0.241 e. The summed E-state index contributed by atoms with van der Waals surface area (Å²) in [6.45, 7) is 3.97. The number of benzene rings is 1. The van der Waals surface area contributed by atoms with Gasteiger partial charge in [-0.25, -0.2) is 13.1 Å². The Morgan fingerprint density at radius 3 is 2.39 bits per heavy atom. The first kappa shape index (κ1) is 21.9. The summed E-state index contributed by atoms with van der Waals surface area (Å²) in [5.74, 6) is -0.173. The number of carbonyl (C=O) groups excluding carboxylic acids is 2. The summed E-state index contributed by atoms with van der Waals surface area (Å²) in [5, 5.41) is 4.18. The highest BCUT2D eigenvalue weighted by atomic mass is 32.2. The molecular formula is C21H26N4O4S2. The summed E-state index contributed by atoms with van der Waals surface area (Å²) < 4.78 is 27.6. The van der Waals surface area contributed by atoms with E-state index in [1.807, 2.05) is 0 Å². The molecule has 0 saturated carbocycles. The van der Waals surface area contributed by atoms with Gasteiger partial charge in [-0.2, -0.15) is 11.3 Å². The predicted octanol–water partition coefficient (Wildman–Crippen LogP) is 1.50. The van der Waals surface area contributed by atoms with Crippen LogP contribution in [0.2, 0.25) is 0 Å². The fourth-order valence-electron chi connectivity index (χ4n) is 3.87. The zero-order valence-corrected chi connectivity index (χ0v) is 18.8. The Balaban J connectivity index is 1.27. The van der Waals surface area contributed by atoms with Crippen molar-refractivity contribution in [3.8, 4) is 0 Å². The normalized spacial score (nSPS) is 18.0. The van der Waals surface area contributed by atoms with Crippen LogP contribution in [0.15, 0.2) is 46.0 Å². The third-order valence-electron chi connectivity index (χ3n) is 5.66.